The lowest BCUT2D eigenvalue weighted by molar-refractivity contribution is -0.112. The van der Waals surface area contributed by atoms with E-state index < -0.39 is 5.91 Å². The molecule has 0 aliphatic carbocycles. The molecule has 1 heterocycles. The summed E-state index contributed by atoms with van der Waals surface area (Å²) in [6.45, 7) is 0. The van der Waals surface area contributed by atoms with Gasteiger partial charge in [0.1, 0.15) is 11.6 Å². The van der Waals surface area contributed by atoms with Crippen molar-refractivity contribution in [3.05, 3.63) is 65.9 Å². The molecule has 3 rings (SSSR count). The molecule has 0 aliphatic heterocycles. The van der Waals surface area contributed by atoms with Crippen LogP contribution in [-0.4, -0.2) is 10.9 Å². The lowest BCUT2D eigenvalue weighted by atomic mass is 10.1. The molecule has 0 saturated heterocycles. The third-order valence-electron chi connectivity index (χ3n) is 3.43. The lowest BCUT2D eigenvalue weighted by Crippen LogP contribution is -2.13. The molecule has 0 bridgehead atoms. The smallest absolute Gasteiger partial charge is 0.266 e. The number of aromatic amines is 1. The Morgan fingerprint density at radius 2 is 2.00 bits per heavy atom. The van der Waals surface area contributed by atoms with E-state index in [1.54, 1.807) is 30.5 Å². The van der Waals surface area contributed by atoms with Crippen molar-refractivity contribution in [2.24, 2.45) is 0 Å². The molecular weight excluding hydrogens is 288 g/mol. The number of benzene rings is 2. The minimum Gasteiger partial charge on any atom is -0.399 e. The molecule has 23 heavy (non-hydrogen) atoms. The Labute approximate surface area is 133 Å². The maximum atomic E-state index is 12.2. The Morgan fingerprint density at radius 1 is 1.22 bits per heavy atom. The Balaban J connectivity index is 1.93. The number of anilines is 2. The summed E-state index contributed by atoms with van der Waals surface area (Å²) in [5.41, 5.74) is 8.73. The van der Waals surface area contributed by atoms with Gasteiger partial charge in [-0.2, -0.15) is 5.26 Å². The maximum absolute atomic E-state index is 12.2. The van der Waals surface area contributed by atoms with Gasteiger partial charge in [-0.1, -0.05) is 18.2 Å². The average molecular weight is 302 g/mol. The topological polar surface area (TPSA) is 94.7 Å². The number of nitrogens with zero attached hydrogens (tertiary/aromatic N) is 1. The van der Waals surface area contributed by atoms with Crippen molar-refractivity contribution in [2.45, 2.75) is 0 Å². The molecule has 1 aromatic heterocycles. The molecule has 2 aromatic carbocycles. The Kier molecular flexibility index (Phi) is 3.81. The highest BCUT2D eigenvalue weighted by molar-refractivity contribution is 6.10. The molecule has 112 valence electrons. The van der Waals surface area contributed by atoms with Gasteiger partial charge in [-0.3, -0.25) is 4.79 Å². The van der Waals surface area contributed by atoms with E-state index in [1.165, 1.54) is 0 Å². The number of nitrogens with one attached hydrogen (secondary N) is 2. The Bertz CT molecular complexity index is 933. The number of H-pyrrole nitrogens is 1. The fraction of sp³-hybridized carbons (Fsp3) is 0. The van der Waals surface area contributed by atoms with Crippen LogP contribution in [0.2, 0.25) is 0 Å². The van der Waals surface area contributed by atoms with Crippen molar-refractivity contribution in [1.82, 2.24) is 4.98 Å². The number of nitrogen functional groups attached to an aromatic ring is 1. The number of amides is 1. The number of carbonyl (C=O) groups is 1. The highest BCUT2D eigenvalue weighted by Crippen LogP contribution is 2.23. The van der Waals surface area contributed by atoms with Crippen LogP contribution in [0.25, 0.3) is 17.0 Å². The standard InChI is InChI=1S/C18H14N4O/c19-10-12(18(23)22-15-4-2-1-3-5-15)8-13-11-21-17-7-6-14(20)9-16(13)17/h1-9,11,21H,20H2,(H,22,23)/b12-8-. The summed E-state index contributed by atoms with van der Waals surface area (Å²) in [5.74, 6) is -0.447. The summed E-state index contributed by atoms with van der Waals surface area (Å²) >= 11 is 0. The summed E-state index contributed by atoms with van der Waals surface area (Å²) < 4.78 is 0. The molecule has 0 spiro atoms. The zero-order chi connectivity index (χ0) is 16.2. The number of nitrogens with two attached hydrogens (primary N) is 1. The van der Waals surface area contributed by atoms with Gasteiger partial charge in [-0.15, -0.1) is 0 Å². The van der Waals surface area contributed by atoms with Gasteiger partial charge in [0.2, 0.25) is 0 Å². The van der Waals surface area contributed by atoms with Gasteiger partial charge in [0.05, 0.1) is 0 Å². The van der Waals surface area contributed by atoms with Crippen LogP contribution in [0.1, 0.15) is 5.56 Å². The van der Waals surface area contributed by atoms with Gasteiger partial charge in [0.15, 0.2) is 0 Å². The zero-order valence-corrected chi connectivity index (χ0v) is 12.2. The fourth-order valence-electron chi connectivity index (χ4n) is 2.30. The monoisotopic (exact) mass is 302 g/mol. The number of hydrogen-bond acceptors (Lipinski definition) is 3. The molecule has 0 radical (unpaired) electrons. The summed E-state index contributed by atoms with van der Waals surface area (Å²) in [6.07, 6.45) is 3.30. The first-order valence-electron chi connectivity index (χ1n) is 7.02. The molecule has 0 fully saturated rings. The van der Waals surface area contributed by atoms with E-state index in [1.807, 2.05) is 36.4 Å². The maximum Gasteiger partial charge on any atom is 0.266 e. The predicted molar refractivity (Wildman–Crippen MR) is 91.4 cm³/mol. The number of hydrogen-bond donors (Lipinski definition) is 3. The summed E-state index contributed by atoms with van der Waals surface area (Å²) in [6, 6.07) is 16.4. The average Bonchev–Trinajstić information content (AvgIpc) is 2.95. The van der Waals surface area contributed by atoms with Crippen LogP contribution in [0.4, 0.5) is 11.4 Å². The van der Waals surface area contributed by atoms with Crippen LogP contribution >= 0.6 is 0 Å². The van der Waals surface area contributed by atoms with Crippen LogP contribution in [0.5, 0.6) is 0 Å². The van der Waals surface area contributed by atoms with E-state index in [-0.39, 0.29) is 5.57 Å². The van der Waals surface area contributed by atoms with E-state index in [0.29, 0.717) is 11.4 Å². The molecule has 1 amide bonds. The second-order valence-corrected chi connectivity index (χ2v) is 5.04. The number of fused-ring (bicyclic) bond motifs is 1. The number of rotatable bonds is 3. The molecule has 0 aliphatic rings. The third kappa shape index (κ3) is 3.06. The van der Waals surface area contributed by atoms with Crippen molar-refractivity contribution in [3.8, 4) is 6.07 Å². The lowest BCUT2D eigenvalue weighted by Gasteiger charge is -2.03. The minimum atomic E-state index is -0.447. The number of carbonyl (C=O) groups excluding carboxylic acids is 1. The predicted octanol–water partition coefficient (Wildman–Crippen LogP) is 3.30. The van der Waals surface area contributed by atoms with Crippen molar-refractivity contribution in [1.29, 1.82) is 5.26 Å². The SMILES string of the molecule is N#C/C(=C/c1c[nH]c2ccc(N)cc12)C(=O)Nc1ccccc1. The Morgan fingerprint density at radius 3 is 2.74 bits per heavy atom. The summed E-state index contributed by atoms with van der Waals surface area (Å²) in [7, 11) is 0. The first kappa shape index (κ1) is 14.4. The van der Waals surface area contributed by atoms with Crippen LogP contribution in [-0.2, 0) is 4.79 Å². The van der Waals surface area contributed by atoms with Gasteiger partial charge in [0.25, 0.3) is 5.91 Å². The van der Waals surface area contributed by atoms with Crippen molar-refractivity contribution in [2.75, 3.05) is 11.1 Å². The van der Waals surface area contributed by atoms with Crippen LogP contribution in [0, 0.1) is 11.3 Å². The van der Waals surface area contributed by atoms with Gasteiger partial charge < -0.3 is 16.0 Å². The first-order chi connectivity index (χ1) is 11.2. The van der Waals surface area contributed by atoms with Crippen LogP contribution in [0.3, 0.4) is 0 Å². The van der Waals surface area contributed by atoms with Crippen molar-refractivity contribution >= 4 is 34.3 Å². The zero-order valence-electron chi connectivity index (χ0n) is 12.2. The molecule has 0 unspecified atom stereocenters. The van der Waals surface area contributed by atoms with Crippen molar-refractivity contribution < 1.29 is 4.79 Å². The molecule has 3 aromatic rings. The summed E-state index contributed by atoms with van der Waals surface area (Å²) in [4.78, 5) is 15.3. The first-order valence-corrected chi connectivity index (χ1v) is 7.02. The minimum absolute atomic E-state index is 0.0252. The highest BCUT2D eigenvalue weighted by atomic mass is 16.1. The van der Waals surface area contributed by atoms with Gasteiger partial charge in [-0.25, -0.2) is 0 Å². The number of nitriles is 1. The fourth-order valence-corrected chi connectivity index (χ4v) is 2.30. The quantitative estimate of drug-likeness (QED) is 0.393. The van der Waals surface area contributed by atoms with E-state index in [9.17, 15) is 10.1 Å². The molecule has 0 saturated carbocycles. The van der Waals surface area contributed by atoms with E-state index in [0.717, 1.165) is 16.5 Å². The molecule has 5 heteroatoms. The summed E-state index contributed by atoms with van der Waals surface area (Å²) in [5, 5.41) is 12.9. The molecular formula is C18H14N4O. The van der Waals surface area contributed by atoms with Gasteiger partial charge in [0, 0.05) is 34.0 Å². The van der Waals surface area contributed by atoms with Gasteiger partial charge >= 0.3 is 0 Å². The van der Waals surface area contributed by atoms with Crippen LogP contribution < -0.4 is 11.1 Å². The number of para-hydroxylation sites is 1. The second kappa shape index (κ2) is 6.08. The van der Waals surface area contributed by atoms with E-state index in [2.05, 4.69) is 10.3 Å². The van der Waals surface area contributed by atoms with Gasteiger partial charge in [-0.05, 0) is 36.4 Å². The molecule has 5 nitrogen and oxygen atoms in total. The highest BCUT2D eigenvalue weighted by Gasteiger charge is 2.11. The largest absolute Gasteiger partial charge is 0.399 e. The normalized spacial score (nSPS) is 11.2. The molecule has 0 atom stereocenters. The Hall–Kier alpha value is -3.52. The molecule has 4 N–H and O–H groups in total. The van der Waals surface area contributed by atoms with E-state index >= 15 is 0 Å². The number of aromatic nitrogens is 1. The van der Waals surface area contributed by atoms with Crippen LogP contribution in [0.15, 0.2) is 60.3 Å². The second-order valence-electron chi connectivity index (χ2n) is 5.04. The van der Waals surface area contributed by atoms with Crippen molar-refractivity contribution in [3.63, 3.8) is 0 Å². The van der Waals surface area contributed by atoms with E-state index in [4.69, 9.17) is 5.73 Å². The third-order valence-corrected chi connectivity index (χ3v) is 3.43.